The van der Waals surface area contributed by atoms with Gasteiger partial charge in [-0.2, -0.15) is 10.2 Å². The molecule has 2 rings (SSSR count). The van der Waals surface area contributed by atoms with E-state index in [1.807, 2.05) is 20.2 Å². The average Bonchev–Trinajstić information content (AvgIpc) is 2.91. The van der Waals surface area contributed by atoms with Crippen LogP contribution in [0.1, 0.15) is 50.8 Å². The molecular formula is C14H21ClN4O. The van der Waals surface area contributed by atoms with E-state index in [1.165, 1.54) is 0 Å². The van der Waals surface area contributed by atoms with Crippen molar-refractivity contribution < 1.29 is 5.11 Å². The van der Waals surface area contributed by atoms with E-state index in [0.717, 1.165) is 11.3 Å². The van der Waals surface area contributed by atoms with Crippen LogP contribution >= 0.6 is 11.6 Å². The van der Waals surface area contributed by atoms with Crippen molar-refractivity contribution in [3.8, 4) is 0 Å². The van der Waals surface area contributed by atoms with Crippen molar-refractivity contribution in [2.24, 2.45) is 7.05 Å². The number of rotatable bonds is 3. The highest BCUT2D eigenvalue weighted by Crippen LogP contribution is 2.34. The standard InChI is InChI=1S/C14H21ClN4O/c1-6-19-11(10(15)7-16-19)12(20)9-8-18(5)17-13(9)14(2,3)4/h7-8,12,20H,6H2,1-5H3. The van der Waals surface area contributed by atoms with Gasteiger partial charge in [-0.15, -0.1) is 0 Å². The van der Waals surface area contributed by atoms with Gasteiger partial charge in [-0.25, -0.2) is 0 Å². The molecule has 0 spiro atoms. The van der Waals surface area contributed by atoms with Crippen molar-refractivity contribution in [1.82, 2.24) is 19.6 Å². The van der Waals surface area contributed by atoms with E-state index < -0.39 is 6.10 Å². The topological polar surface area (TPSA) is 55.9 Å². The summed E-state index contributed by atoms with van der Waals surface area (Å²) < 4.78 is 3.44. The maximum atomic E-state index is 10.7. The number of aryl methyl sites for hydroxylation is 2. The number of hydrogen-bond donors (Lipinski definition) is 1. The fourth-order valence-electron chi connectivity index (χ4n) is 2.33. The SMILES string of the molecule is CCn1ncc(Cl)c1C(O)c1cn(C)nc1C(C)(C)C. The molecule has 110 valence electrons. The molecule has 1 atom stereocenters. The number of aromatic nitrogens is 4. The summed E-state index contributed by atoms with van der Waals surface area (Å²) >= 11 is 6.17. The molecule has 0 fully saturated rings. The van der Waals surface area contributed by atoms with E-state index in [4.69, 9.17) is 11.6 Å². The Labute approximate surface area is 124 Å². The summed E-state index contributed by atoms with van der Waals surface area (Å²) in [6, 6.07) is 0. The van der Waals surface area contributed by atoms with Gasteiger partial charge in [0.2, 0.25) is 0 Å². The second kappa shape index (κ2) is 5.22. The Kier molecular flexibility index (Phi) is 3.93. The quantitative estimate of drug-likeness (QED) is 0.947. The minimum atomic E-state index is -0.826. The van der Waals surface area contributed by atoms with Crippen LogP contribution < -0.4 is 0 Å². The molecule has 0 saturated heterocycles. The predicted molar refractivity (Wildman–Crippen MR) is 78.9 cm³/mol. The third kappa shape index (κ3) is 2.60. The Hall–Kier alpha value is -1.33. The lowest BCUT2D eigenvalue weighted by Gasteiger charge is -2.20. The summed E-state index contributed by atoms with van der Waals surface area (Å²) in [6.07, 6.45) is 2.58. The van der Waals surface area contributed by atoms with Gasteiger partial charge in [-0.3, -0.25) is 9.36 Å². The highest BCUT2D eigenvalue weighted by molar-refractivity contribution is 6.31. The van der Waals surface area contributed by atoms with Crippen molar-refractivity contribution in [3.05, 3.63) is 34.4 Å². The predicted octanol–water partition coefficient (Wildman–Crippen LogP) is 2.67. The zero-order valence-corrected chi connectivity index (χ0v) is 13.3. The summed E-state index contributed by atoms with van der Waals surface area (Å²) in [5.41, 5.74) is 2.11. The molecule has 2 aromatic heterocycles. The van der Waals surface area contributed by atoms with Gasteiger partial charge in [0.05, 0.1) is 22.6 Å². The fourth-order valence-corrected chi connectivity index (χ4v) is 2.58. The number of nitrogens with zero attached hydrogens (tertiary/aromatic N) is 4. The van der Waals surface area contributed by atoms with Crippen molar-refractivity contribution in [2.75, 3.05) is 0 Å². The molecule has 0 aromatic carbocycles. The first-order valence-corrected chi connectivity index (χ1v) is 7.06. The molecule has 1 unspecified atom stereocenters. The summed E-state index contributed by atoms with van der Waals surface area (Å²) in [7, 11) is 1.85. The van der Waals surface area contributed by atoms with Crippen molar-refractivity contribution >= 4 is 11.6 Å². The van der Waals surface area contributed by atoms with Crippen LogP contribution in [0.3, 0.4) is 0 Å². The second-order valence-electron chi connectivity index (χ2n) is 5.95. The molecule has 6 heteroatoms. The minimum absolute atomic E-state index is 0.152. The van der Waals surface area contributed by atoms with Gasteiger partial charge in [0, 0.05) is 30.8 Å². The normalized spacial score (nSPS) is 13.8. The Bertz CT molecular complexity index is 609. The Balaban J connectivity index is 2.54. The average molecular weight is 297 g/mol. The van der Waals surface area contributed by atoms with Crippen LogP contribution in [0.5, 0.6) is 0 Å². The molecule has 5 nitrogen and oxygen atoms in total. The van der Waals surface area contributed by atoms with Crippen LogP contribution in [0.2, 0.25) is 5.02 Å². The first-order valence-electron chi connectivity index (χ1n) is 6.69. The third-order valence-corrected chi connectivity index (χ3v) is 3.55. The maximum Gasteiger partial charge on any atom is 0.125 e. The lowest BCUT2D eigenvalue weighted by Crippen LogP contribution is -2.18. The van der Waals surface area contributed by atoms with Gasteiger partial charge in [0.15, 0.2) is 0 Å². The number of aliphatic hydroxyl groups is 1. The molecule has 2 aromatic rings. The molecule has 0 bridgehead atoms. The summed E-state index contributed by atoms with van der Waals surface area (Å²) in [4.78, 5) is 0. The number of halogens is 1. The summed E-state index contributed by atoms with van der Waals surface area (Å²) in [5.74, 6) is 0. The minimum Gasteiger partial charge on any atom is -0.382 e. The van der Waals surface area contributed by atoms with Crippen LogP contribution in [-0.2, 0) is 19.0 Å². The van der Waals surface area contributed by atoms with E-state index in [0.29, 0.717) is 17.3 Å². The van der Waals surface area contributed by atoms with E-state index in [9.17, 15) is 5.11 Å². The first kappa shape index (κ1) is 15.1. The van der Waals surface area contributed by atoms with E-state index in [-0.39, 0.29) is 5.41 Å². The molecule has 0 radical (unpaired) electrons. The van der Waals surface area contributed by atoms with Crippen LogP contribution in [0.15, 0.2) is 12.4 Å². The van der Waals surface area contributed by atoms with Crippen LogP contribution in [0, 0.1) is 0 Å². The molecule has 0 aliphatic heterocycles. The summed E-state index contributed by atoms with van der Waals surface area (Å²) in [6.45, 7) is 8.84. The molecule has 0 aliphatic carbocycles. The second-order valence-corrected chi connectivity index (χ2v) is 6.36. The van der Waals surface area contributed by atoms with Crippen LogP contribution in [-0.4, -0.2) is 24.7 Å². The van der Waals surface area contributed by atoms with E-state index >= 15 is 0 Å². The monoisotopic (exact) mass is 296 g/mol. The van der Waals surface area contributed by atoms with E-state index in [2.05, 4.69) is 31.0 Å². The zero-order valence-electron chi connectivity index (χ0n) is 12.6. The van der Waals surface area contributed by atoms with Gasteiger partial charge < -0.3 is 5.11 Å². The van der Waals surface area contributed by atoms with Gasteiger partial charge in [0.25, 0.3) is 0 Å². The highest BCUT2D eigenvalue weighted by atomic mass is 35.5. The lowest BCUT2D eigenvalue weighted by atomic mass is 9.87. The van der Waals surface area contributed by atoms with Gasteiger partial charge in [0.1, 0.15) is 6.10 Å². The van der Waals surface area contributed by atoms with Crippen molar-refractivity contribution in [3.63, 3.8) is 0 Å². The maximum absolute atomic E-state index is 10.7. The van der Waals surface area contributed by atoms with Crippen molar-refractivity contribution in [1.29, 1.82) is 0 Å². The molecular weight excluding hydrogens is 276 g/mol. The number of hydrogen-bond acceptors (Lipinski definition) is 3. The molecule has 20 heavy (non-hydrogen) atoms. The zero-order chi connectivity index (χ0) is 15.1. The van der Waals surface area contributed by atoms with Crippen molar-refractivity contribution in [2.45, 2.75) is 45.8 Å². The molecule has 0 saturated carbocycles. The van der Waals surface area contributed by atoms with Crippen LogP contribution in [0.25, 0.3) is 0 Å². The van der Waals surface area contributed by atoms with E-state index in [1.54, 1.807) is 15.6 Å². The largest absolute Gasteiger partial charge is 0.382 e. The fraction of sp³-hybridized carbons (Fsp3) is 0.571. The summed E-state index contributed by atoms with van der Waals surface area (Å²) in [5, 5.41) is 19.9. The Morgan fingerprint density at radius 1 is 1.40 bits per heavy atom. The molecule has 1 N–H and O–H groups in total. The van der Waals surface area contributed by atoms with Gasteiger partial charge in [-0.05, 0) is 6.92 Å². The third-order valence-electron chi connectivity index (χ3n) is 3.25. The van der Waals surface area contributed by atoms with Crippen LogP contribution in [0.4, 0.5) is 0 Å². The molecule has 2 heterocycles. The smallest absolute Gasteiger partial charge is 0.125 e. The Morgan fingerprint density at radius 3 is 2.60 bits per heavy atom. The molecule has 0 aliphatic rings. The Morgan fingerprint density at radius 2 is 2.05 bits per heavy atom. The first-order chi connectivity index (χ1) is 9.25. The number of aliphatic hydroxyl groups excluding tert-OH is 1. The lowest BCUT2D eigenvalue weighted by molar-refractivity contribution is 0.205. The molecule has 0 amide bonds. The van der Waals surface area contributed by atoms with Gasteiger partial charge in [-0.1, -0.05) is 32.4 Å². The van der Waals surface area contributed by atoms with Gasteiger partial charge >= 0.3 is 0 Å². The highest BCUT2D eigenvalue weighted by Gasteiger charge is 2.29.